The van der Waals surface area contributed by atoms with E-state index in [-0.39, 0.29) is 16.9 Å². The van der Waals surface area contributed by atoms with Crippen molar-refractivity contribution in [1.29, 1.82) is 0 Å². The number of hydrogen-bond acceptors (Lipinski definition) is 5. The number of carbonyl (C=O) groups is 2. The minimum atomic E-state index is -4.58. The molecule has 0 aromatic heterocycles. The molecule has 0 saturated heterocycles. The summed E-state index contributed by atoms with van der Waals surface area (Å²) in [7, 11) is 4.30. The zero-order valence-electron chi connectivity index (χ0n) is 19.6. The molecule has 0 fully saturated rings. The number of ether oxygens (including phenoxy) is 3. The van der Waals surface area contributed by atoms with E-state index in [1.165, 1.54) is 57.7 Å². The van der Waals surface area contributed by atoms with Gasteiger partial charge in [-0.05, 0) is 48.5 Å². The predicted molar refractivity (Wildman–Crippen MR) is 128 cm³/mol. The number of hydrogen-bond donors (Lipinski definition) is 2. The Hall–Kier alpha value is -4.47. The molecule has 3 rings (SSSR count). The zero-order valence-corrected chi connectivity index (χ0v) is 19.6. The van der Waals surface area contributed by atoms with Crippen molar-refractivity contribution in [3.63, 3.8) is 0 Å². The second-order valence-corrected chi connectivity index (χ2v) is 7.36. The first-order valence-corrected chi connectivity index (χ1v) is 10.5. The first-order chi connectivity index (χ1) is 17.2. The van der Waals surface area contributed by atoms with Gasteiger partial charge in [-0.3, -0.25) is 9.59 Å². The van der Waals surface area contributed by atoms with Crippen LogP contribution in [0.2, 0.25) is 0 Å². The molecule has 0 spiro atoms. The molecule has 0 atom stereocenters. The molecule has 0 aliphatic rings. The van der Waals surface area contributed by atoms with E-state index in [0.29, 0.717) is 22.8 Å². The van der Waals surface area contributed by atoms with Crippen molar-refractivity contribution in [3.8, 4) is 17.2 Å². The number of rotatable bonds is 8. The summed E-state index contributed by atoms with van der Waals surface area (Å²) in [5.74, 6) is -0.373. The number of carbonyl (C=O) groups excluding carboxylic acids is 2. The number of halogens is 3. The van der Waals surface area contributed by atoms with Gasteiger partial charge in [0.15, 0.2) is 11.5 Å². The van der Waals surface area contributed by atoms with E-state index in [1.54, 1.807) is 24.3 Å². The number of para-hydroxylation sites is 1. The molecule has 2 amide bonds. The summed E-state index contributed by atoms with van der Waals surface area (Å²) in [4.78, 5) is 26.1. The quantitative estimate of drug-likeness (QED) is 0.419. The number of benzene rings is 3. The molecule has 0 radical (unpaired) electrons. The summed E-state index contributed by atoms with van der Waals surface area (Å²) in [6.45, 7) is 0. The summed E-state index contributed by atoms with van der Waals surface area (Å²) in [6, 6.07) is 15.3. The van der Waals surface area contributed by atoms with Crippen molar-refractivity contribution >= 4 is 23.6 Å². The molecule has 0 unspecified atom stereocenters. The smallest absolute Gasteiger partial charge is 0.416 e. The zero-order chi connectivity index (χ0) is 26.3. The van der Waals surface area contributed by atoms with Crippen LogP contribution in [0.3, 0.4) is 0 Å². The highest BCUT2D eigenvalue weighted by Gasteiger charge is 2.30. The summed E-state index contributed by atoms with van der Waals surface area (Å²) >= 11 is 0. The van der Waals surface area contributed by atoms with E-state index in [1.807, 2.05) is 0 Å². The lowest BCUT2D eigenvalue weighted by atomic mass is 10.1. The number of anilines is 1. The van der Waals surface area contributed by atoms with Gasteiger partial charge in [0, 0.05) is 16.8 Å². The lowest BCUT2D eigenvalue weighted by molar-refractivity contribution is -0.137. The van der Waals surface area contributed by atoms with Gasteiger partial charge in [0.05, 0.1) is 26.9 Å². The van der Waals surface area contributed by atoms with Gasteiger partial charge in [0.25, 0.3) is 11.8 Å². The van der Waals surface area contributed by atoms with Crippen molar-refractivity contribution in [2.75, 3.05) is 26.6 Å². The van der Waals surface area contributed by atoms with E-state index in [0.717, 1.165) is 12.1 Å². The first kappa shape index (κ1) is 26.1. The summed E-state index contributed by atoms with van der Waals surface area (Å²) < 4.78 is 55.0. The molecule has 188 valence electrons. The Balaban J connectivity index is 1.96. The molecule has 10 heteroatoms. The third-order valence-corrected chi connectivity index (χ3v) is 5.03. The van der Waals surface area contributed by atoms with Gasteiger partial charge in [-0.1, -0.05) is 24.3 Å². The third kappa shape index (κ3) is 6.35. The second-order valence-electron chi connectivity index (χ2n) is 7.36. The fraction of sp³-hybridized carbons (Fsp3) is 0.154. The molecule has 3 aromatic rings. The number of methoxy groups -OCH3 is 3. The average molecular weight is 500 g/mol. The molecule has 0 saturated carbocycles. The van der Waals surface area contributed by atoms with Crippen LogP contribution < -0.4 is 24.8 Å². The van der Waals surface area contributed by atoms with E-state index >= 15 is 0 Å². The highest BCUT2D eigenvalue weighted by Crippen LogP contribution is 2.31. The molecular weight excluding hydrogens is 477 g/mol. The lowest BCUT2D eigenvalue weighted by Crippen LogP contribution is -2.30. The second kappa shape index (κ2) is 11.3. The minimum absolute atomic E-state index is 0.0962. The average Bonchev–Trinajstić information content (AvgIpc) is 2.87. The van der Waals surface area contributed by atoms with Gasteiger partial charge >= 0.3 is 6.18 Å². The Kier molecular flexibility index (Phi) is 8.21. The van der Waals surface area contributed by atoms with Crippen LogP contribution in [0.1, 0.15) is 21.5 Å². The van der Waals surface area contributed by atoms with Crippen LogP contribution in [-0.4, -0.2) is 33.1 Å². The Morgan fingerprint density at radius 1 is 0.806 bits per heavy atom. The van der Waals surface area contributed by atoms with Gasteiger partial charge in [-0.2, -0.15) is 13.2 Å². The van der Waals surface area contributed by atoms with Crippen LogP contribution >= 0.6 is 0 Å². The van der Waals surface area contributed by atoms with Crippen LogP contribution in [-0.2, 0) is 11.0 Å². The lowest BCUT2D eigenvalue weighted by Gasteiger charge is -2.14. The van der Waals surface area contributed by atoms with E-state index < -0.39 is 23.6 Å². The van der Waals surface area contributed by atoms with Crippen LogP contribution in [0.5, 0.6) is 17.2 Å². The van der Waals surface area contributed by atoms with Gasteiger partial charge in [-0.15, -0.1) is 0 Å². The molecule has 0 bridgehead atoms. The highest BCUT2D eigenvalue weighted by molar-refractivity contribution is 6.11. The molecule has 0 aliphatic heterocycles. The van der Waals surface area contributed by atoms with Gasteiger partial charge in [0.2, 0.25) is 0 Å². The Morgan fingerprint density at radius 3 is 2.17 bits per heavy atom. The maximum Gasteiger partial charge on any atom is 0.416 e. The Morgan fingerprint density at radius 2 is 1.50 bits per heavy atom. The minimum Gasteiger partial charge on any atom is -0.496 e. The molecule has 36 heavy (non-hydrogen) atoms. The molecule has 2 N–H and O–H groups in total. The summed E-state index contributed by atoms with van der Waals surface area (Å²) in [5, 5.41) is 4.93. The molecule has 3 aromatic carbocycles. The van der Waals surface area contributed by atoms with Crippen LogP contribution in [0.25, 0.3) is 6.08 Å². The SMILES string of the molecule is COc1ccccc1/C=C(\NC(=O)c1ccc(OC)c(OC)c1)C(=O)Nc1cccc(C(F)(F)F)c1. The van der Waals surface area contributed by atoms with E-state index in [4.69, 9.17) is 14.2 Å². The van der Waals surface area contributed by atoms with Gasteiger partial charge in [-0.25, -0.2) is 0 Å². The van der Waals surface area contributed by atoms with Crippen molar-refractivity contribution in [2.24, 2.45) is 0 Å². The molecule has 0 aliphatic carbocycles. The number of amides is 2. The first-order valence-electron chi connectivity index (χ1n) is 10.5. The number of nitrogens with one attached hydrogen (secondary N) is 2. The highest BCUT2D eigenvalue weighted by atomic mass is 19.4. The van der Waals surface area contributed by atoms with Crippen LogP contribution in [0, 0.1) is 0 Å². The van der Waals surface area contributed by atoms with Gasteiger partial charge < -0.3 is 24.8 Å². The Bertz CT molecular complexity index is 1290. The van der Waals surface area contributed by atoms with Crippen LogP contribution in [0.15, 0.2) is 72.4 Å². The van der Waals surface area contributed by atoms with Crippen molar-refractivity contribution in [1.82, 2.24) is 5.32 Å². The number of alkyl halides is 3. The predicted octanol–water partition coefficient (Wildman–Crippen LogP) is 5.14. The van der Waals surface area contributed by atoms with Crippen LogP contribution in [0.4, 0.5) is 18.9 Å². The largest absolute Gasteiger partial charge is 0.496 e. The monoisotopic (exact) mass is 500 g/mol. The van der Waals surface area contributed by atoms with E-state index in [9.17, 15) is 22.8 Å². The Labute approximate surface area is 205 Å². The normalized spacial score (nSPS) is 11.4. The third-order valence-electron chi connectivity index (χ3n) is 5.03. The fourth-order valence-corrected chi connectivity index (χ4v) is 3.24. The van der Waals surface area contributed by atoms with E-state index in [2.05, 4.69) is 10.6 Å². The topological polar surface area (TPSA) is 85.9 Å². The van der Waals surface area contributed by atoms with Crippen molar-refractivity contribution in [2.45, 2.75) is 6.18 Å². The molecule has 7 nitrogen and oxygen atoms in total. The standard InChI is InChI=1S/C26H23F3N2O5/c1-34-21-10-5-4-7-16(21)13-20(25(33)30-19-9-6-8-18(15-19)26(27,28)29)31-24(32)17-11-12-22(35-2)23(14-17)36-3/h4-15H,1-3H3,(H,30,33)(H,31,32)/b20-13-. The van der Waals surface area contributed by atoms with Crippen molar-refractivity contribution in [3.05, 3.63) is 89.1 Å². The molecular formula is C26H23F3N2O5. The maximum atomic E-state index is 13.1. The fourth-order valence-electron chi connectivity index (χ4n) is 3.24. The summed E-state index contributed by atoms with van der Waals surface area (Å²) in [5.41, 5.74) is -0.630. The summed E-state index contributed by atoms with van der Waals surface area (Å²) in [6.07, 6.45) is -3.22. The molecule has 0 heterocycles. The maximum absolute atomic E-state index is 13.1. The van der Waals surface area contributed by atoms with Gasteiger partial charge in [0.1, 0.15) is 11.4 Å². The van der Waals surface area contributed by atoms with Crippen molar-refractivity contribution < 1.29 is 37.0 Å².